The van der Waals surface area contributed by atoms with E-state index in [2.05, 4.69) is 5.32 Å². The van der Waals surface area contributed by atoms with Gasteiger partial charge in [0.2, 0.25) is 0 Å². The summed E-state index contributed by atoms with van der Waals surface area (Å²) in [6.07, 6.45) is 0. The fourth-order valence-corrected chi connectivity index (χ4v) is 1.75. The Bertz CT molecular complexity index is 553. The molecule has 0 bridgehead atoms. The zero-order chi connectivity index (χ0) is 13.9. The number of benzene rings is 2. The van der Waals surface area contributed by atoms with Crippen molar-refractivity contribution in [3.63, 3.8) is 0 Å². The van der Waals surface area contributed by atoms with Gasteiger partial charge in [0.15, 0.2) is 0 Å². The third-order valence-electron chi connectivity index (χ3n) is 2.87. The summed E-state index contributed by atoms with van der Waals surface area (Å²) in [5.41, 5.74) is 0.865. The van der Waals surface area contributed by atoms with Gasteiger partial charge in [-0.25, -0.2) is 4.39 Å². The maximum Gasteiger partial charge on any atom is 0.290 e. The van der Waals surface area contributed by atoms with Crippen LogP contribution in [0.15, 0.2) is 48.5 Å². The van der Waals surface area contributed by atoms with Gasteiger partial charge in [0.25, 0.3) is 5.92 Å². The Balaban J connectivity index is 2.07. The number of hydrogen-bond donors (Lipinski definition) is 1. The molecule has 0 spiro atoms. The summed E-state index contributed by atoms with van der Waals surface area (Å²) in [5, 5.41) is 2.63. The first-order chi connectivity index (χ1) is 8.99. The molecule has 0 aromatic heterocycles. The molecule has 1 N–H and O–H groups in total. The van der Waals surface area contributed by atoms with Crippen molar-refractivity contribution >= 4 is 5.69 Å². The number of alkyl halides is 2. The summed E-state index contributed by atoms with van der Waals surface area (Å²) in [4.78, 5) is 0. The molecule has 100 valence electrons. The molecule has 19 heavy (non-hydrogen) atoms. The Morgan fingerprint density at radius 2 is 1.74 bits per heavy atom. The quantitative estimate of drug-likeness (QED) is 0.867. The molecule has 0 fully saturated rings. The van der Waals surface area contributed by atoms with E-state index in [1.54, 1.807) is 25.1 Å². The van der Waals surface area contributed by atoms with E-state index in [0.717, 1.165) is 0 Å². The highest BCUT2D eigenvalue weighted by Crippen LogP contribution is 2.28. The average molecular weight is 265 g/mol. The largest absolute Gasteiger partial charge is 0.379 e. The Hall–Kier alpha value is -1.97. The minimum atomic E-state index is -2.97. The first-order valence-corrected chi connectivity index (χ1v) is 5.92. The van der Waals surface area contributed by atoms with Crippen LogP contribution in [0.1, 0.15) is 11.1 Å². The van der Waals surface area contributed by atoms with Gasteiger partial charge in [-0.15, -0.1) is 0 Å². The van der Waals surface area contributed by atoms with Crippen molar-refractivity contribution in [2.24, 2.45) is 0 Å². The number of hydrogen-bond acceptors (Lipinski definition) is 1. The minimum Gasteiger partial charge on any atom is -0.379 e. The summed E-state index contributed by atoms with van der Waals surface area (Å²) in [7, 11) is 0. The summed E-state index contributed by atoms with van der Waals surface area (Å²) < 4.78 is 40.8. The van der Waals surface area contributed by atoms with Gasteiger partial charge in [-0.2, -0.15) is 8.78 Å². The normalized spacial score (nSPS) is 11.4. The third-order valence-corrected chi connectivity index (χ3v) is 2.87. The Morgan fingerprint density at radius 3 is 2.37 bits per heavy atom. The monoisotopic (exact) mass is 265 g/mol. The van der Waals surface area contributed by atoms with E-state index in [-0.39, 0.29) is 11.4 Å². The van der Waals surface area contributed by atoms with Crippen LogP contribution in [0.3, 0.4) is 0 Å². The summed E-state index contributed by atoms with van der Waals surface area (Å²) in [6.45, 7) is 1.07. The Morgan fingerprint density at radius 1 is 1.05 bits per heavy atom. The van der Waals surface area contributed by atoms with Crippen LogP contribution in [0.2, 0.25) is 0 Å². The molecule has 0 aliphatic rings. The van der Waals surface area contributed by atoms with Crippen LogP contribution in [0.25, 0.3) is 0 Å². The smallest absolute Gasteiger partial charge is 0.290 e. The zero-order valence-corrected chi connectivity index (χ0v) is 10.5. The molecule has 0 amide bonds. The topological polar surface area (TPSA) is 12.0 Å². The lowest BCUT2D eigenvalue weighted by atomic mass is 10.1. The van der Waals surface area contributed by atoms with Crippen molar-refractivity contribution in [1.82, 2.24) is 0 Å². The number of aryl methyl sites for hydroxylation is 1. The summed E-state index contributed by atoms with van der Waals surface area (Å²) in [6, 6.07) is 11.8. The van der Waals surface area contributed by atoms with E-state index in [9.17, 15) is 13.2 Å². The zero-order valence-electron chi connectivity index (χ0n) is 10.5. The molecule has 0 saturated heterocycles. The van der Waals surface area contributed by atoms with Crippen molar-refractivity contribution in [3.05, 3.63) is 65.5 Å². The maximum atomic E-state index is 13.9. The van der Waals surface area contributed by atoms with E-state index in [0.29, 0.717) is 11.3 Å². The molecular weight excluding hydrogens is 251 g/mol. The van der Waals surface area contributed by atoms with Crippen molar-refractivity contribution in [2.75, 3.05) is 11.9 Å². The fraction of sp³-hybridized carbons (Fsp3) is 0.200. The van der Waals surface area contributed by atoms with E-state index in [1.807, 2.05) is 0 Å². The van der Waals surface area contributed by atoms with Gasteiger partial charge >= 0.3 is 0 Å². The average Bonchev–Trinajstić information content (AvgIpc) is 2.41. The van der Waals surface area contributed by atoms with Crippen LogP contribution in [-0.4, -0.2) is 6.54 Å². The van der Waals surface area contributed by atoms with Crippen LogP contribution >= 0.6 is 0 Å². The molecule has 1 nitrogen and oxygen atoms in total. The summed E-state index contributed by atoms with van der Waals surface area (Å²) in [5.74, 6) is -3.32. The van der Waals surface area contributed by atoms with Gasteiger partial charge in [0.1, 0.15) is 5.82 Å². The van der Waals surface area contributed by atoms with Crippen molar-refractivity contribution in [3.8, 4) is 0 Å². The van der Waals surface area contributed by atoms with Crippen LogP contribution in [-0.2, 0) is 5.92 Å². The lowest BCUT2D eigenvalue weighted by molar-refractivity contribution is 0.0106. The van der Waals surface area contributed by atoms with Gasteiger partial charge in [-0.05, 0) is 30.7 Å². The molecule has 4 heteroatoms. The molecule has 0 radical (unpaired) electrons. The lowest BCUT2D eigenvalue weighted by Crippen LogP contribution is -2.24. The number of halogens is 3. The number of anilines is 1. The second kappa shape index (κ2) is 5.34. The molecule has 2 rings (SSSR count). The molecule has 0 saturated carbocycles. The van der Waals surface area contributed by atoms with Crippen LogP contribution in [0, 0.1) is 12.7 Å². The van der Waals surface area contributed by atoms with Gasteiger partial charge in [0.05, 0.1) is 6.54 Å². The van der Waals surface area contributed by atoms with Crippen molar-refractivity contribution in [1.29, 1.82) is 0 Å². The molecule has 0 aliphatic heterocycles. The molecule has 0 unspecified atom stereocenters. The van der Waals surface area contributed by atoms with Crippen LogP contribution < -0.4 is 5.32 Å². The van der Waals surface area contributed by atoms with Crippen molar-refractivity contribution in [2.45, 2.75) is 12.8 Å². The molecule has 0 atom stereocenters. The minimum absolute atomic E-state index is 0.0404. The molecule has 0 heterocycles. The van der Waals surface area contributed by atoms with E-state index < -0.39 is 12.5 Å². The van der Waals surface area contributed by atoms with Crippen LogP contribution in [0.5, 0.6) is 0 Å². The van der Waals surface area contributed by atoms with E-state index >= 15 is 0 Å². The van der Waals surface area contributed by atoms with Gasteiger partial charge < -0.3 is 5.32 Å². The standard InChI is InChI=1S/C15H14F3N/c1-11-9-13(7-8-14(11)16)19-10-15(17,18)12-5-3-2-4-6-12/h2-9,19H,10H2,1H3. The number of rotatable bonds is 4. The molecule has 2 aromatic rings. The highest BCUT2D eigenvalue weighted by molar-refractivity contribution is 5.46. The predicted molar refractivity (Wildman–Crippen MR) is 70.0 cm³/mol. The second-order valence-corrected chi connectivity index (χ2v) is 4.39. The Labute approximate surface area is 110 Å². The van der Waals surface area contributed by atoms with E-state index in [4.69, 9.17) is 0 Å². The first kappa shape index (κ1) is 13.5. The first-order valence-electron chi connectivity index (χ1n) is 5.92. The van der Waals surface area contributed by atoms with Gasteiger partial charge in [-0.1, -0.05) is 30.3 Å². The highest BCUT2D eigenvalue weighted by Gasteiger charge is 2.30. The lowest BCUT2D eigenvalue weighted by Gasteiger charge is -2.18. The molecule has 0 aliphatic carbocycles. The van der Waals surface area contributed by atoms with Gasteiger partial charge in [-0.3, -0.25) is 0 Å². The third kappa shape index (κ3) is 3.28. The predicted octanol–water partition coefficient (Wildman–Crippen LogP) is 4.34. The number of nitrogens with one attached hydrogen (secondary N) is 1. The highest BCUT2D eigenvalue weighted by atomic mass is 19.3. The van der Waals surface area contributed by atoms with Crippen molar-refractivity contribution < 1.29 is 13.2 Å². The molecular formula is C15H14F3N. The van der Waals surface area contributed by atoms with E-state index in [1.165, 1.54) is 30.3 Å². The van der Waals surface area contributed by atoms with Crippen LogP contribution in [0.4, 0.5) is 18.9 Å². The second-order valence-electron chi connectivity index (χ2n) is 4.39. The van der Waals surface area contributed by atoms with Gasteiger partial charge in [0, 0.05) is 11.3 Å². The maximum absolute atomic E-state index is 13.9. The molecule has 2 aromatic carbocycles. The Kier molecular flexibility index (Phi) is 3.79. The SMILES string of the molecule is Cc1cc(NCC(F)(F)c2ccccc2)ccc1F. The fourth-order valence-electron chi connectivity index (χ4n) is 1.75. The summed E-state index contributed by atoms with van der Waals surface area (Å²) >= 11 is 0.